The molecule has 1 aliphatic rings. The van der Waals surface area contributed by atoms with Crippen LogP contribution in [-0.2, 0) is 0 Å². The van der Waals surface area contributed by atoms with E-state index in [1.165, 1.54) is 71.2 Å². The predicted molar refractivity (Wildman–Crippen MR) is 101 cm³/mol. The largest absolute Gasteiger partial charge is 0.357 e. The molecule has 0 saturated carbocycles. The van der Waals surface area contributed by atoms with Crippen LogP contribution in [0.1, 0.15) is 52.4 Å². The van der Waals surface area contributed by atoms with Crippen LogP contribution in [0.5, 0.6) is 0 Å². The summed E-state index contributed by atoms with van der Waals surface area (Å²) >= 11 is 0. The molecule has 136 valence electrons. The third-order valence-electron chi connectivity index (χ3n) is 4.42. The lowest BCUT2D eigenvalue weighted by atomic mass is 10.2. The summed E-state index contributed by atoms with van der Waals surface area (Å²) in [6.07, 6.45) is 7.60. The first-order valence-corrected chi connectivity index (χ1v) is 9.69. The van der Waals surface area contributed by atoms with Crippen molar-refractivity contribution in [1.29, 1.82) is 0 Å². The van der Waals surface area contributed by atoms with Gasteiger partial charge < -0.3 is 20.4 Å². The monoisotopic (exact) mass is 325 g/mol. The molecule has 0 unspecified atom stereocenters. The Kier molecular flexibility index (Phi) is 12.0. The van der Waals surface area contributed by atoms with Crippen molar-refractivity contribution in [2.24, 2.45) is 4.99 Å². The third-order valence-corrected chi connectivity index (χ3v) is 4.42. The summed E-state index contributed by atoms with van der Waals surface area (Å²) < 4.78 is 0. The first-order chi connectivity index (χ1) is 11.3. The van der Waals surface area contributed by atoms with E-state index in [1.54, 1.807) is 0 Å². The first-order valence-electron chi connectivity index (χ1n) is 9.69. The highest BCUT2D eigenvalue weighted by Gasteiger charge is 2.12. The van der Waals surface area contributed by atoms with E-state index in [2.05, 4.69) is 46.3 Å². The first kappa shape index (κ1) is 20.2. The second kappa shape index (κ2) is 13.6. The number of piperazine rings is 1. The van der Waals surface area contributed by atoms with Gasteiger partial charge in [-0.05, 0) is 39.8 Å². The highest BCUT2D eigenvalue weighted by Crippen LogP contribution is 2.01. The smallest absolute Gasteiger partial charge is 0.191 e. The van der Waals surface area contributed by atoms with Crippen LogP contribution in [0.25, 0.3) is 0 Å². The van der Waals surface area contributed by atoms with Crippen LogP contribution in [-0.4, -0.2) is 75.2 Å². The molecule has 23 heavy (non-hydrogen) atoms. The molecule has 0 amide bonds. The molecule has 0 aliphatic carbocycles. The van der Waals surface area contributed by atoms with Crippen molar-refractivity contribution < 1.29 is 0 Å². The zero-order chi connectivity index (χ0) is 16.8. The number of guanidine groups is 1. The standard InChI is InChI=1S/C18H39N5/c1-4-6-7-8-11-20-18(19-5-2)21-12-9-10-13-23-16-14-22(3)15-17-23/h4-17H2,1-3H3,(H2,19,20,21). The third kappa shape index (κ3) is 10.6. The Bertz CT molecular complexity index is 298. The molecule has 0 spiro atoms. The molecule has 1 saturated heterocycles. The number of aliphatic imine (C=N–C) groups is 1. The van der Waals surface area contributed by atoms with E-state index in [9.17, 15) is 0 Å². The van der Waals surface area contributed by atoms with Gasteiger partial charge in [0.2, 0.25) is 0 Å². The van der Waals surface area contributed by atoms with Crippen molar-refractivity contribution in [2.75, 3.05) is 59.4 Å². The molecule has 1 heterocycles. The fourth-order valence-electron chi connectivity index (χ4n) is 2.81. The fourth-order valence-corrected chi connectivity index (χ4v) is 2.81. The molecule has 1 fully saturated rings. The zero-order valence-corrected chi connectivity index (χ0v) is 15.7. The minimum atomic E-state index is 0.933. The maximum Gasteiger partial charge on any atom is 0.191 e. The van der Waals surface area contributed by atoms with Gasteiger partial charge in [0.1, 0.15) is 0 Å². The molecule has 5 nitrogen and oxygen atoms in total. The van der Waals surface area contributed by atoms with Crippen molar-refractivity contribution in [1.82, 2.24) is 20.4 Å². The van der Waals surface area contributed by atoms with Crippen LogP contribution in [0.2, 0.25) is 0 Å². The molecule has 0 aromatic rings. The van der Waals surface area contributed by atoms with Crippen molar-refractivity contribution >= 4 is 5.96 Å². The maximum atomic E-state index is 4.66. The number of nitrogens with one attached hydrogen (secondary N) is 2. The summed E-state index contributed by atoms with van der Waals surface area (Å²) in [5.41, 5.74) is 0. The average molecular weight is 326 g/mol. The Morgan fingerprint density at radius 1 is 0.913 bits per heavy atom. The van der Waals surface area contributed by atoms with Gasteiger partial charge in [0.05, 0.1) is 0 Å². The summed E-state index contributed by atoms with van der Waals surface area (Å²) in [5.74, 6) is 0.989. The zero-order valence-electron chi connectivity index (χ0n) is 15.7. The van der Waals surface area contributed by atoms with Gasteiger partial charge in [0.15, 0.2) is 5.96 Å². The molecule has 2 N–H and O–H groups in total. The van der Waals surface area contributed by atoms with Gasteiger partial charge in [-0.15, -0.1) is 0 Å². The van der Waals surface area contributed by atoms with Crippen molar-refractivity contribution in [3.8, 4) is 0 Å². The molecule has 0 bridgehead atoms. The van der Waals surface area contributed by atoms with Gasteiger partial charge in [-0.1, -0.05) is 26.2 Å². The van der Waals surface area contributed by atoms with E-state index in [0.717, 1.165) is 25.6 Å². The number of likely N-dealkylation sites (N-methyl/N-ethyl adjacent to an activating group) is 1. The highest BCUT2D eigenvalue weighted by molar-refractivity contribution is 5.79. The maximum absolute atomic E-state index is 4.66. The van der Waals surface area contributed by atoms with E-state index in [4.69, 9.17) is 0 Å². The molecule has 5 heteroatoms. The topological polar surface area (TPSA) is 42.9 Å². The second-order valence-corrected chi connectivity index (χ2v) is 6.60. The molecular formula is C18H39N5. The van der Waals surface area contributed by atoms with Crippen LogP contribution >= 0.6 is 0 Å². The molecule has 0 radical (unpaired) electrons. The van der Waals surface area contributed by atoms with E-state index < -0.39 is 0 Å². The number of nitrogens with zero attached hydrogens (tertiary/aromatic N) is 3. The van der Waals surface area contributed by atoms with Crippen molar-refractivity contribution in [3.63, 3.8) is 0 Å². The van der Waals surface area contributed by atoms with E-state index in [1.807, 2.05) is 0 Å². The number of rotatable bonds is 11. The summed E-state index contributed by atoms with van der Waals surface area (Å²) in [7, 11) is 2.21. The van der Waals surface area contributed by atoms with Crippen LogP contribution in [0.4, 0.5) is 0 Å². The Hall–Kier alpha value is -0.810. The lowest BCUT2D eigenvalue weighted by Gasteiger charge is -2.32. The van der Waals surface area contributed by atoms with Crippen molar-refractivity contribution in [3.05, 3.63) is 0 Å². The summed E-state index contributed by atoms with van der Waals surface area (Å²) in [5, 5.41) is 6.81. The van der Waals surface area contributed by atoms with Crippen LogP contribution in [0.3, 0.4) is 0 Å². The normalized spacial score (nSPS) is 17.4. The molecule has 1 rings (SSSR count). The van der Waals surface area contributed by atoms with Gasteiger partial charge in [-0.25, -0.2) is 0 Å². The SMILES string of the molecule is CCCCCCN=C(NCC)NCCCCN1CCN(C)CC1. The lowest BCUT2D eigenvalue weighted by molar-refractivity contribution is 0.152. The number of hydrogen-bond donors (Lipinski definition) is 2. The number of hydrogen-bond acceptors (Lipinski definition) is 3. The molecular weight excluding hydrogens is 286 g/mol. The Labute approximate surface area is 143 Å². The lowest BCUT2D eigenvalue weighted by Crippen LogP contribution is -2.44. The minimum absolute atomic E-state index is 0.933. The summed E-state index contributed by atoms with van der Waals surface area (Å²) in [4.78, 5) is 9.66. The number of unbranched alkanes of at least 4 members (excludes halogenated alkanes) is 4. The van der Waals surface area contributed by atoms with E-state index in [0.29, 0.717) is 0 Å². The highest BCUT2D eigenvalue weighted by atomic mass is 15.2. The molecule has 1 aliphatic heterocycles. The average Bonchev–Trinajstić information content (AvgIpc) is 2.56. The van der Waals surface area contributed by atoms with Gasteiger partial charge in [-0.3, -0.25) is 4.99 Å². The second-order valence-electron chi connectivity index (χ2n) is 6.60. The van der Waals surface area contributed by atoms with Gasteiger partial charge in [-0.2, -0.15) is 0 Å². The van der Waals surface area contributed by atoms with Gasteiger partial charge >= 0.3 is 0 Å². The minimum Gasteiger partial charge on any atom is -0.357 e. The van der Waals surface area contributed by atoms with Crippen LogP contribution < -0.4 is 10.6 Å². The predicted octanol–water partition coefficient (Wildman–Crippen LogP) is 2.15. The van der Waals surface area contributed by atoms with Crippen LogP contribution in [0, 0.1) is 0 Å². The van der Waals surface area contributed by atoms with Gasteiger partial charge in [0.25, 0.3) is 0 Å². The Balaban J connectivity index is 2.06. The van der Waals surface area contributed by atoms with Crippen LogP contribution in [0.15, 0.2) is 4.99 Å². The quantitative estimate of drug-likeness (QED) is 0.347. The fraction of sp³-hybridized carbons (Fsp3) is 0.944. The van der Waals surface area contributed by atoms with E-state index >= 15 is 0 Å². The Morgan fingerprint density at radius 2 is 1.70 bits per heavy atom. The van der Waals surface area contributed by atoms with Crippen molar-refractivity contribution in [2.45, 2.75) is 52.4 Å². The van der Waals surface area contributed by atoms with E-state index in [-0.39, 0.29) is 0 Å². The Morgan fingerprint density at radius 3 is 2.39 bits per heavy atom. The summed E-state index contributed by atoms with van der Waals surface area (Å²) in [6.45, 7) is 13.4. The van der Waals surface area contributed by atoms with Gasteiger partial charge in [0, 0.05) is 45.8 Å². The molecule has 0 aromatic carbocycles. The molecule has 0 aromatic heterocycles. The molecule has 0 atom stereocenters. The summed E-state index contributed by atoms with van der Waals surface area (Å²) in [6, 6.07) is 0.